The summed E-state index contributed by atoms with van der Waals surface area (Å²) in [5, 5.41) is 14.6. The van der Waals surface area contributed by atoms with Gasteiger partial charge in [-0.2, -0.15) is 0 Å². The normalized spacial score (nSPS) is 14.6. The summed E-state index contributed by atoms with van der Waals surface area (Å²) < 4.78 is 43.4. The van der Waals surface area contributed by atoms with Crippen molar-refractivity contribution < 1.29 is 27.8 Å². The molecule has 1 aromatic carbocycles. The zero-order valence-corrected chi connectivity index (χ0v) is 19.8. The van der Waals surface area contributed by atoms with Crippen LogP contribution in [-0.2, 0) is 11.3 Å². The van der Waals surface area contributed by atoms with Gasteiger partial charge >= 0.3 is 12.3 Å². The monoisotopic (exact) mass is 515 g/mol. The molecular formula is C23H25ClF3N3O3S. The van der Waals surface area contributed by atoms with Crippen molar-refractivity contribution in [2.45, 2.75) is 38.6 Å². The molecule has 0 saturated carbocycles. The Bertz CT molecular complexity index is 1110. The van der Waals surface area contributed by atoms with Gasteiger partial charge in [-0.25, -0.2) is 0 Å². The lowest BCUT2D eigenvalue weighted by Crippen LogP contribution is -2.23. The summed E-state index contributed by atoms with van der Waals surface area (Å²) in [5.41, 5.74) is 2.76. The number of rotatable bonds is 11. The molecule has 0 fully saturated rings. The molecule has 3 rings (SSSR count). The second-order valence-electron chi connectivity index (χ2n) is 7.63. The van der Waals surface area contributed by atoms with Crippen LogP contribution in [0.25, 0.3) is 11.3 Å². The number of ether oxygens (including phenoxy) is 1. The molecule has 0 spiro atoms. The minimum absolute atomic E-state index is 0.0529. The van der Waals surface area contributed by atoms with E-state index in [1.54, 1.807) is 12.1 Å². The largest absolute Gasteiger partial charge is 0.573 e. The van der Waals surface area contributed by atoms with Gasteiger partial charge in [0.25, 0.3) is 0 Å². The Morgan fingerprint density at radius 2 is 1.97 bits per heavy atom. The van der Waals surface area contributed by atoms with Crippen LogP contribution in [0.15, 0.2) is 57.4 Å². The number of aromatic nitrogens is 1. The van der Waals surface area contributed by atoms with Crippen LogP contribution in [-0.4, -0.2) is 41.6 Å². The zero-order chi connectivity index (χ0) is 24.6. The van der Waals surface area contributed by atoms with Gasteiger partial charge in [0.1, 0.15) is 5.75 Å². The maximum atomic E-state index is 12.5. The predicted molar refractivity (Wildman–Crippen MR) is 126 cm³/mol. The maximum Gasteiger partial charge on any atom is 0.573 e. The molecule has 1 aliphatic carbocycles. The quantitative estimate of drug-likeness (QED) is 0.397. The number of thiazole rings is 1. The first kappa shape index (κ1) is 26.1. The highest BCUT2D eigenvalue weighted by Gasteiger charge is 2.31. The van der Waals surface area contributed by atoms with Gasteiger partial charge in [-0.05, 0) is 67.3 Å². The summed E-state index contributed by atoms with van der Waals surface area (Å²) >= 11 is 7.49. The molecule has 0 unspecified atom stereocenters. The Labute approximate surface area is 204 Å². The molecular weight excluding hydrogens is 491 g/mol. The van der Waals surface area contributed by atoms with E-state index in [1.807, 2.05) is 22.1 Å². The first-order chi connectivity index (χ1) is 16.2. The van der Waals surface area contributed by atoms with Crippen molar-refractivity contribution in [3.8, 4) is 17.0 Å². The van der Waals surface area contributed by atoms with Crippen LogP contribution >= 0.6 is 22.9 Å². The third kappa shape index (κ3) is 8.34. The molecule has 34 heavy (non-hydrogen) atoms. The second kappa shape index (κ2) is 12.2. The molecule has 0 amide bonds. The number of hydrogen-bond donors (Lipinski definition) is 2. The first-order valence-corrected chi connectivity index (χ1v) is 12.0. The number of nitrogens with zero attached hydrogens (tertiary/aromatic N) is 2. The molecule has 6 nitrogen and oxygen atoms in total. The molecule has 1 aromatic heterocycles. The minimum Gasteiger partial charge on any atom is -0.481 e. The van der Waals surface area contributed by atoms with Crippen molar-refractivity contribution in [2.75, 3.05) is 19.6 Å². The number of carboxylic acid groups (broad SMARTS) is 1. The Morgan fingerprint density at radius 3 is 2.62 bits per heavy atom. The van der Waals surface area contributed by atoms with Crippen molar-refractivity contribution in [3.63, 3.8) is 0 Å². The average molecular weight is 516 g/mol. The molecule has 1 aliphatic rings. The maximum absolute atomic E-state index is 12.5. The lowest BCUT2D eigenvalue weighted by Gasteiger charge is -2.12. The van der Waals surface area contributed by atoms with Gasteiger partial charge in [-0.1, -0.05) is 17.7 Å². The van der Waals surface area contributed by atoms with Crippen molar-refractivity contribution in [2.24, 2.45) is 4.99 Å². The Balaban J connectivity index is 1.78. The van der Waals surface area contributed by atoms with Gasteiger partial charge in [0.15, 0.2) is 4.80 Å². The summed E-state index contributed by atoms with van der Waals surface area (Å²) in [6, 6.07) is 5.76. The van der Waals surface area contributed by atoms with E-state index in [9.17, 15) is 18.0 Å². The van der Waals surface area contributed by atoms with Crippen LogP contribution in [0.1, 0.15) is 25.7 Å². The second-order valence-corrected chi connectivity index (χ2v) is 8.95. The number of nitrogens with one attached hydrogen (secondary N) is 1. The highest BCUT2D eigenvalue weighted by Crippen LogP contribution is 2.27. The molecule has 0 atom stereocenters. The lowest BCUT2D eigenvalue weighted by atomic mass is 10.1. The summed E-state index contributed by atoms with van der Waals surface area (Å²) in [7, 11) is 0. The number of halogens is 4. The van der Waals surface area contributed by atoms with E-state index in [2.05, 4.69) is 10.1 Å². The van der Waals surface area contributed by atoms with E-state index in [0.717, 1.165) is 40.4 Å². The molecule has 0 radical (unpaired) electrons. The summed E-state index contributed by atoms with van der Waals surface area (Å²) in [4.78, 5) is 16.2. The SMILES string of the molecule is O=C(O)CCNCCCn1c(-c2ccc(OC(F)(F)F)cc2)csc1=NCC1=CC=C(Cl)CC1. The average Bonchev–Trinajstić information content (AvgIpc) is 3.17. The highest BCUT2D eigenvalue weighted by atomic mass is 35.5. The lowest BCUT2D eigenvalue weighted by molar-refractivity contribution is -0.274. The predicted octanol–water partition coefficient (Wildman–Crippen LogP) is 5.31. The molecule has 1 heterocycles. The molecule has 0 aliphatic heterocycles. The summed E-state index contributed by atoms with van der Waals surface area (Å²) in [5.74, 6) is -1.13. The number of carbonyl (C=O) groups is 1. The van der Waals surface area contributed by atoms with E-state index in [1.165, 1.54) is 29.0 Å². The van der Waals surface area contributed by atoms with E-state index in [-0.39, 0.29) is 12.2 Å². The molecule has 2 N–H and O–H groups in total. The van der Waals surface area contributed by atoms with Gasteiger partial charge in [0.05, 0.1) is 18.7 Å². The van der Waals surface area contributed by atoms with E-state index < -0.39 is 12.3 Å². The highest BCUT2D eigenvalue weighted by molar-refractivity contribution is 7.07. The van der Waals surface area contributed by atoms with E-state index >= 15 is 0 Å². The van der Waals surface area contributed by atoms with Crippen LogP contribution < -0.4 is 14.9 Å². The Morgan fingerprint density at radius 1 is 1.21 bits per heavy atom. The Hall–Kier alpha value is -2.56. The van der Waals surface area contributed by atoms with Gasteiger partial charge in [0.2, 0.25) is 0 Å². The summed E-state index contributed by atoms with van der Waals surface area (Å²) in [6.07, 6.45) is 1.57. The molecule has 2 aromatic rings. The van der Waals surface area contributed by atoms with Gasteiger partial charge in [-0.15, -0.1) is 24.5 Å². The number of allylic oxidation sites excluding steroid dienone is 3. The first-order valence-electron chi connectivity index (χ1n) is 10.7. The molecule has 11 heteroatoms. The van der Waals surface area contributed by atoms with Crippen molar-refractivity contribution >= 4 is 28.9 Å². The fourth-order valence-electron chi connectivity index (χ4n) is 3.37. The topological polar surface area (TPSA) is 75.8 Å². The third-order valence-corrected chi connectivity index (χ3v) is 6.25. The smallest absolute Gasteiger partial charge is 0.481 e. The van der Waals surface area contributed by atoms with E-state index in [4.69, 9.17) is 21.7 Å². The van der Waals surface area contributed by atoms with Crippen LogP contribution in [0.4, 0.5) is 13.2 Å². The third-order valence-electron chi connectivity index (χ3n) is 5.03. The number of aliphatic carboxylic acids is 1. The molecule has 0 bridgehead atoms. The fourth-order valence-corrected chi connectivity index (χ4v) is 4.46. The number of hydrogen-bond acceptors (Lipinski definition) is 5. The minimum atomic E-state index is -4.74. The van der Waals surface area contributed by atoms with Crippen molar-refractivity contribution in [3.05, 3.63) is 57.2 Å². The Kier molecular flexibility index (Phi) is 9.37. The zero-order valence-electron chi connectivity index (χ0n) is 18.3. The fraction of sp³-hybridized carbons (Fsp3) is 0.391. The number of benzene rings is 1. The number of alkyl halides is 3. The molecule has 0 saturated heterocycles. The van der Waals surface area contributed by atoms with Crippen LogP contribution in [0.2, 0.25) is 0 Å². The van der Waals surface area contributed by atoms with Crippen LogP contribution in [0.5, 0.6) is 5.75 Å². The van der Waals surface area contributed by atoms with Gasteiger partial charge < -0.3 is 19.7 Å². The molecule has 184 valence electrons. The standard InChI is InChI=1S/C23H25ClF3N3O3S/c24-18-6-2-16(3-7-18)14-29-22-30(13-1-11-28-12-10-21(31)32)20(15-34-22)17-4-8-19(9-5-17)33-23(25,26)27/h2,4-6,8-9,15,28H,1,3,7,10-14H2,(H,31,32). The van der Waals surface area contributed by atoms with E-state index in [0.29, 0.717) is 26.2 Å². The van der Waals surface area contributed by atoms with Gasteiger partial charge in [-0.3, -0.25) is 9.79 Å². The van der Waals surface area contributed by atoms with Crippen molar-refractivity contribution in [1.82, 2.24) is 9.88 Å². The summed E-state index contributed by atoms with van der Waals surface area (Å²) in [6.45, 7) is 2.17. The van der Waals surface area contributed by atoms with Gasteiger partial charge in [0, 0.05) is 23.5 Å². The number of carboxylic acids is 1. The van der Waals surface area contributed by atoms with Crippen LogP contribution in [0.3, 0.4) is 0 Å². The van der Waals surface area contributed by atoms with Crippen LogP contribution in [0, 0.1) is 0 Å². The van der Waals surface area contributed by atoms with Crippen molar-refractivity contribution in [1.29, 1.82) is 0 Å².